The van der Waals surface area contributed by atoms with E-state index in [0.29, 0.717) is 12.1 Å². The minimum atomic E-state index is -4.83. The highest BCUT2D eigenvalue weighted by atomic mass is 19.4. The van der Waals surface area contributed by atoms with Crippen LogP contribution in [0.3, 0.4) is 0 Å². The molecule has 3 rings (SSSR count). The maximum Gasteiger partial charge on any atom is 0.416 e. The van der Waals surface area contributed by atoms with Crippen LogP contribution >= 0.6 is 0 Å². The van der Waals surface area contributed by atoms with E-state index in [1.165, 1.54) is 25.1 Å². The summed E-state index contributed by atoms with van der Waals surface area (Å²) in [7, 11) is 2.67. The van der Waals surface area contributed by atoms with E-state index >= 15 is 0 Å². The third-order valence-electron chi connectivity index (χ3n) is 5.55. The van der Waals surface area contributed by atoms with E-state index in [-0.39, 0.29) is 41.6 Å². The van der Waals surface area contributed by atoms with Crippen molar-refractivity contribution in [3.05, 3.63) is 81.4 Å². The number of benzene rings is 3. The van der Waals surface area contributed by atoms with Crippen molar-refractivity contribution in [3.8, 4) is 17.2 Å². The summed E-state index contributed by atoms with van der Waals surface area (Å²) in [5.41, 5.74) is -3.37. The second-order valence-corrected chi connectivity index (χ2v) is 8.23. The number of aliphatic hydroxyl groups excluding tert-OH is 1. The normalized spacial score (nSPS) is 11.6. The number of halogens is 6. The minimum absolute atomic E-state index is 0.0597. The number of nitro benzene ring substituents is 1. The molecule has 0 saturated heterocycles. The maximum atomic E-state index is 13.3. The first-order chi connectivity index (χ1) is 18.6. The molecule has 0 heterocycles. The number of nitrogens with zero attached hydrogens (tertiary/aromatic N) is 2. The number of methoxy groups -OCH3 is 1. The molecule has 0 atom stereocenters. The summed E-state index contributed by atoms with van der Waals surface area (Å²) in [6.07, 6.45) is -9.53. The van der Waals surface area contributed by atoms with Crippen LogP contribution in [0.25, 0.3) is 0 Å². The fraction of sp³-hybridized carbons (Fsp3) is 0.240. The SMILES string of the molecule is COc1cc(C(=O)Nc2cc(C(F)(F)F)ccc2N(C)CCO)ccc1Oc1ccc(C(F)(F)F)cc1[N+](=O)[O-]. The largest absolute Gasteiger partial charge is 0.493 e. The van der Waals surface area contributed by atoms with Gasteiger partial charge in [0.25, 0.3) is 5.91 Å². The number of amides is 1. The molecule has 40 heavy (non-hydrogen) atoms. The lowest BCUT2D eigenvalue weighted by molar-refractivity contribution is -0.385. The molecule has 3 aromatic carbocycles. The third kappa shape index (κ3) is 6.91. The zero-order valence-corrected chi connectivity index (χ0v) is 20.8. The summed E-state index contributed by atoms with van der Waals surface area (Å²) >= 11 is 0. The van der Waals surface area contributed by atoms with E-state index in [1.54, 1.807) is 0 Å². The molecular formula is C25H21F6N3O6. The summed E-state index contributed by atoms with van der Waals surface area (Å²) in [6, 6.07) is 7.83. The van der Waals surface area contributed by atoms with Crippen molar-refractivity contribution in [1.29, 1.82) is 0 Å². The zero-order chi connectivity index (χ0) is 29.8. The second kappa shape index (κ2) is 11.7. The number of nitro groups is 1. The molecule has 0 bridgehead atoms. The molecule has 2 N–H and O–H groups in total. The highest BCUT2D eigenvalue weighted by Crippen LogP contribution is 2.41. The van der Waals surface area contributed by atoms with Gasteiger partial charge >= 0.3 is 18.0 Å². The Morgan fingerprint density at radius 3 is 2.12 bits per heavy atom. The number of hydrogen-bond acceptors (Lipinski definition) is 7. The van der Waals surface area contributed by atoms with Crippen LogP contribution in [0.2, 0.25) is 0 Å². The van der Waals surface area contributed by atoms with E-state index < -0.39 is 45.7 Å². The Morgan fingerprint density at radius 2 is 1.55 bits per heavy atom. The summed E-state index contributed by atoms with van der Waals surface area (Å²) in [4.78, 5) is 24.7. The summed E-state index contributed by atoms with van der Waals surface area (Å²) < 4.78 is 89.4. The molecule has 9 nitrogen and oxygen atoms in total. The molecule has 0 unspecified atom stereocenters. The molecule has 3 aromatic rings. The van der Waals surface area contributed by atoms with Crippen molar-refractivity contribution >= 4 is 23.0 Å². The molecule has 0 fully saturated rings. The Kier molecular flexibility index (Phi) is 8.77. The molecule has 0 aliphatic carbocycles. The van der Waals surface area contributed by atoms with Crippen LogP contribution in [0.15, 0.2) is 54.6 Å². The monoisotopic (exact) mass is 573 g/mol. The van der Waals surface area contributed by atoms with Gasteiger partial charge < -0.3 is 24.8 Å². The minimum Gasteiger partial charge on any atom is -0.493 e. The Morgan fingerprint density at radius 1 is 0.950 bits per heavy atom. The van der Waals surface area contributed by atoms with Gasteiger partial charge in [-0.3, -0.25) is 14.9 Å². The van der Waals surface area contributed by atoms with E-state index in [1.807, 2.05) is 0 Å². The molecule has 0 aliphatic rings. The molecule has 0 aromatic heterocycles. The molecule has 15 heteroatoms. The van der Waals surface area contributed by atoms with Crippen molar-refractivity contribution in [2.75, 3.05) is 37.5 Å². The smallest absolute Gasteiger partial charge is 0.416 e. The molecule has 0 spiro atoms. The van der Waals surface area contributed by atoms with Crippen LogP contribution in [0, 0.1) is 10.1 Å². The molecule has 0 radical (unpaired) electrons. The van der Waals surface area contributed by atoms with Gasteiger partial charge in [0.1, 0.15) is 0 Å². The number of nitrogens with one attached hydrogen (secondary N) is 1. The van der Waals surface area contributed by atoms with Crippen molar-refractivity contribution in [2.45, 2.75) is 12.4 Å². The lowest BCUT2D eigenvalue weighted by Gasteiger charge is -2.23. The van der Waals surface area contributed by atoms with E-state index in [9.17, 15) is 46.4 Å². The maximum absolute atomic E-state index is 13.3. The topological polar surface area (TPSA) is 114 Å². The number of alkyl halides is 6. The zero-order valence-electron chi connectivity index (χ0n) is 20.8. The number of likely N-dealkylation sites (N-methyl/N-ethyl adjacent to an activating group) is 1. The van der Waals surface area contributed by atoms with Crippen LogP contribution in [0.4, 0.5) is 43.4 Å². The Balaban J connectivity index is 1.94. The number of carbonyl (C=O) groups is 1. The molecule has 214 valence electrons. The second-order valence-electron chi connectivity index (χ2n) is 8.23. The van der Waals surface area contributed by atoms with Gasteiger partial charge in [0.2, 0.25) is 5.75 Å². The Bertz CT molecular complexity index is 1410. The van der Waals surface area contributed by atoms with Gasteiger partial charge in [0, 0.05) is 25.2 Å². The van der Waals surface area contributed by atoms with Crippen molar-refractivity contribution in [2.24, 2.45) is 0 Å². The van der Waals surface area contributed by atoms with Gasteiger partial charge in [0.15, 0.2) is 11.5 Å². The van der Waals surface area contributed by atoms with Crippen LogP contribution in [0.5, 0.6) is 17.2 Å². The standard InChI is InChI=1S/C25H21F6N3O6/c1-33(9-10-35)18-6-4-15(24(26,27)28)12-17(18)32-23(36)14-3-7-21(22(11-14)39-2)40-20-8-5-16(25(29,30)31)13-19(20)34(37)38/h3-8,11-13,35H,9-10H2,1-2H3,(H,32,36). The first-order valence-electron chi connectivity index (χ1n) is 11.2. The van der Waals surface area contributed by atoms with Gasteiger partial charge in [-0.15, -0.1) is 0 Å². The first kappa shape index (κ1) is 30.0. The molecule has 0 aliphatic heterocycles. The van der Waals surface area contributed by atoms with Crippen LogP contribution < -0.4 is 19.7 Å². The average molecular weight is 573 g/mol. The predicted octanol–water partition coefficient (Wildman–Crippen LogP) is 6.11. The van der Waals surface area contributed by atoms with Crippen molar-refractivity contribution in [1.82, 2.24) is 0 Å². The number of hydrogen-bond donors (Lipinski definition) is 2. The predicted molar refractivity (Wildman–Crippen MR) is 131 cm³/mol. The number of ether oxygens (including phenoxy) is 2. The van der Waals surface area contributed by atoms with Crippen LogP contribution in [-0.4, -0.2) is 43.2 Å². The van der Waals surface area contributed by atoms with Gasteiger partial charge in [0.05, 0.1) is 41.1 Å². The summed E-state index contributed by atoms with van der Waals surface area (Å²) in [6.45, 7) is -0.245. The molecule has 1 amide bonds. The lowest BCUT2D eigenvalue weighted by atomic mass is 10.1. The number of carbonyl (C=O) groups excluding carboxylic acids is 1. The Hall–Kier alpha value is -4.53. The van der Waals surface area contributed by atoms with Crippen molar-refractivity contribution < 1.29 is 50.6 Å². The molecular weight excluding hydrogens is 552 g/mol. The van der Waals surface area contributed by atoms with Crippen LogP contribution in [0.1, 0.15) is 21.5 Å². The third-order valence-corrected chi connectivity index (χ3v) is 5.55. The fourth-order valence-electron chi connectivity index (χ4n) is 3.54. The van der Waals surface area contributed by atoms with E-state index in [2.05, 4.69) is 5.32 Å². The highest BCUT2D eigenvalue weighted by molar-refractivity contribution is 6.06. The quantitative estimate of drug-likeness (QED) is 0.180. The van der Waals surface area contributed by atoms with Gasteiger partial charge in [-0.05, 0) is 48.5 Å². The lowest BCUT2D eigenvalue weighted by Crippen LogP contribution is -2.24. The average Bonchev–Trinajstić information content (AvgIpc) is 2.87. The highest BCUT2D eigenvalue weighted by Gasteiger charge is 2.34. The van der Waals surface area contributed by atoms with E-state index in [0.717, 1.165) is 36.4 Å². The first-order valence-corrected chi connectivity index (χ1v) is 11.2. The number of anilines is 2. The number of aliphatic hydroxyl groups is 1. The number of rotatable bonds is 9. The van der Waals surface area contributed by atoms with Crippen LogP contribution in [-0.2, 0) is 12.4 Å². The Labute approximate surface area is 222 Å². The van der Waals surface area contributed by atoms with Gasteiger partial charge in [-0.2, -0.15) is 26.3 Å². The molecule has 0 saturated carbocycles. The van der Waals surface area contributed by atoms with Gasteiger partial charge in [-0.25, -0.2) is 0 Å². The summed E-state index contributed by atoms with van der Waals surface area (Å²) in [5, 5.41) is 22.9. The van der Waals surface area contributed by atoms with E-state index in [4.69, 9.17) is 9.47 Å². The van der Waals surface area contributed by atoms with Crippen molar-refractivity contribution in [3.63, 3.8) is 0 Å². The van der Waals surface area contributed by atoms with Gasteiger partial charge in [-0.1, -0.05) is 0 Å². The fourth-order valence-corrected chi connectivity index (χ4v) is 3.54. The summed E-state index contributed by atoms with van der Waals surface area (Å²) in [5.74, 6) is -1.73.